The van der Waals surface area contributed by atoms with E-state index in [1.54, 1.807) is 0 Å². The van der Waals surface area contributed by atoms with Crippen molar-refractivity contribution in [2.24, 2.45) is 0 Å². The Bertz CT molecular complexity index is 1210. The summed E-state index contributed by atoms with van der Waals surface area (Å²) in [7, 11) is 0. The predicted octanol–water partition coefficient (Wildman–Crippen LogP) is 5.19. The first-order valence-electron chi connectivity index (χ1n) is 10.7. The molecule has 2 aromatic carbocycles. The largest absolute Gasteiger partial charge is 0.416 e. The number of halogens is 6. The van der Waals surface area contributed by atoms with Crippen LogP contribution in [0, 0.1) is 5.82 Å². The molecule has 1 saturated carbocycles. The standard InChI is InChI=1S/C23H20ClF5N4O2/c24-19-15(2-1-3-17(19)26)20(22(35)8-6-14(25)7-9-22)32-21(34)16-12-13(23(27,28)29)4-5-18(16)33-30-10-11-31-33/h1-5,10-12,14,20,35H,6-9H2,(H,32,34)/t14-,20?,22+. The second-order valence-electron chi connectivity index (χ2n) is 8.38. The lowest BCUT2D eigenvalue weighted by atomic mass is 9.76. The fourth-order valence-electron chi connectivity index (χ4n) is 4.23. The van der Waals surface area contributed by atoms with Gasteiger partial charge in [-0.1, -0.05) is 23.7 Å². The zero-order valence-electron chi connectivity index (χ0n) is 18.1. The number of rotatable bonds is 5. The van der Waals surface area contributed by atoms with Crippen molar-refractivity contribution in [3.8, 4) is 5.69 Å². The molecule has 0 spiro atoms. The second-order valence-corrected chi connectivity index (χ2v) is 8.75. The zero-order chi connectivity index (χ0) is 25.4. The van der Waals surface area contributed by atoms with Gasteiger partial charge in [-0.2, -0.15) is 28.2 Å². The average molecular weight is 515 g/mol. The summed E-state index contributed by atoms with van der Waals surface area (Å²) in [5, 5.41) is 21.3. The van der Waals surface area contributed by atoms with Crippen LogP contribution in [0.4, 0.5) is 22.0 Å². The number of aliphatic hydroxyl groups is 1. The molecule has 2 N–H and O–H groups in total. The van der Waals surface area contributed by atoms with Crippen LogP contribution in [0.15, 0.2) is 48.8 Å². The van der Waals surface area contributed by atoms with Gasteiger partial charge in [0.15, 0.2) is 0 Å². The highest BCUT2D eigenvalue weighted by atomic mass is 35.5. The Kier molecular flexibility index (Phi) is 6.83. The van der Waals surface area contributed by atoms with Crippen molar-refractivity contribution >= 4 is 17.5 Å². The Labute approximate surface area is 201 Å². The molecule has 1 unspecified atom stereocenters. The average Bonchev–Trinajstić information content (AvgIpc) is 3.35. The topological polar surface area (TPSA) is 80.0 Å². The third-order valence-electron chi connectivity index (χ3n) is 6.09. The predicted molar refractivity (Wildman–Crippen MR) is 116 cm³/mol. The minimum Gasteiger partial charge on any atom is -0.387 e. The quantitative estimate of drug-likeness (QED) is 0.459. The van der Waals surface area contributed by atoms with Gasteiger partial charge in [0.05, 0.1) is 45.9 Å². The van der Waals surface area contributed by atoms with Gasteiger partial charge >= 0.3 is 6.18 Å². The normalized spacial score (nSPS) is 21.5. The van der Waals surface area contributed by atoms with Crippen molar-refractivity contribution in [2.45, 2.75) is 49.7 Å². The number of hydrogen-bond donors (Lipinski definition) is 2. The van der Waals surface area contributed by atoms with Gasteiger partial charge in [-0.15, -0.1) is 0 Å². The molecule has 1 heterocycles. The lowest BCUT2D eigenvalue weighted by molar-refractivity contribution is -0.137. The van der Waals surface area contributed by atoms with E-state index in [2.05, 4.69) is 15.5 Å². The summed E-state index contributed by atoms with van der Waals surface area (Å²) in [5.41, 5.74) is -3.27. The number of nitrogens with one attached hydrogen (secondary N) is 1. The fourth-order valence-corrected chi connectivity index (χ4v) is 4.47. The van der Waals surface area contributed by atoms with Crippen molar-refractivity contribution in [3.63, 3.8) is 0 Å². The Morgan fingerprint density at radius 1 is 1.17 bits per heavy atom. The minimum atomic E-state index is -4.74. The molecule has 35 heavy (non-hydrogen) atoms. The van der Waals surface area contributed by atoms with Crippen LogP contribution >= 0.6 is 11.6 Å². The minimum absolute atomic E-state index is 0.0121. The summed E-state index contributed by atoms with van der Waals surface area (Å²) < 4.78 is 68.3. The van der Waals surface area contributed by atoms with Crippen molar-refractivity contribution < 1.29 is 31.9 Å². The number of carbonyl (C=O) groups excluding carboxylic acids is 1. The smallest absolute Gasteiger partial charge is 0.387 e. The molecule has 186 valence electrons. The summed E-state index contributed by atoms with van der Waals surface area (Å²) in [6.45, 7) is 0. The highest BCUT2D eigenvalue weighted by Gasteiger charge is 2.43. The maximum atomic E-state index is 14.3. The number of benzene rings is 2. The molecular formula is C23H20ClF5N4O2. The lowest BCUT2D eigenvalue weighted by Gasteiger charge is -2.41. The molecule has 0 bridgehead atoms. The number of carbonyl (C=O) groups is 1. The van der Waals surface area contributed by atoms with Crippen molar-refractivity contribution in [1.82, 2.24) is 20.3 Å². The third-order valence-corrected chi connectivity index (χ3v) is 6.49. The van der Waals surface area contributed by atoms with Gasteiger partial charge in [0, 0.05) is 0 Å². The second kappa shape index (κ2) is 9.54. The molecule has 3 aromatic rings. The van der Waals surface area contributed by atoms with E-state index in [0.717, 1.165) is 23.0 Å². The van der Waals surface area contributed by atoms with E-state index in [1.165, 1.54) is 24.5 Å². The Morgan fingerprint density at radius 2 is 1.83 bits per heavy atom. The number of alkyl halides is 4. The van der Waals surface area contributed by atoms with Crippen LogP contribution in [-0.2, 0) is 6.18 Å². The van der Waals surface area contributed by atoms with Gasteiger partial charge in [-0.3, -0.25) is 4.79 Å². The van der Waals surface area contributed by atoms with Crippen LogP contribution in [0.25, 0.3) is 5.69 Å². The fraction of sp³-hybridized carbons (Fsp3) is 0.348. The van der Waals surface area contributed by atoms with E-state index in [9.17, 15) is 31.9 Å². The highest BCUT2D eigenvalue weighted by Crippen LogP contribution is 2.42. The summed E-state index contributed by atoms with van der Waals surface area (Å²) in [4.78, 5) is 14.4. The van der Waals surface area contributed by atoms with Crippen LogP contribution in [0.1, 0.15) is 53.2 Å². The number of nitrogens with zero attached hydrogens (tertiary/aromatic N) is 3. The summed E-state index contributed by atoms with van der Waals surface area (Å²) in [6.07, 6.45) is -3.52. The first-order chi connectivity index (χ1) is 16.5. The van der Waals surface area contributed by atoms with Crippen LogP contribution in [-0.4, -0.2) is 37.8 Å². The van der Waals surface area contributed by atoms with Gasteiger partial charge < -0.3 is 10.4 Å². The van der Waals surface area contributed by atoms with Gasteiger partial charge in [0.1, 0.15) is 12.0 Å². The van der Waals surface area contributed by atoms with E-state index in [-0.39, 0.29) is 42.0 Å². The van der Waals surface area contributed by atoms with Crippen molar-refractivity contribution in [3.05, 3.63) is 76.3 Å². The number of amides is 1. The molecule has 0 aliphatic heterocycles. The Balaban J connectivity index is 1.79. The van der Waals surface area contributed by atoms with E-state index in [1.807, 2.05) is 0 Å². The summed E-state index contributed by atoms with van der Waals surface area (Å²) in [6, 6.07) is 4.93. The maximum Gasteiger partial charge on any atom is 0.416 e. The van der Waals surface area contributed by atoms with Gasteiger partial charge in [0.25, 0.3) is 5.91 Å². The molecule has 0 radical (unpaired) electrons. The molecular weight excluding hydrogens is 495 g/mol. The van der Waals surface area contributed by atoms with Crippen molar-refractivity contribution in [1.29, 1.82) is 0 Å². The first-order valence-corrected chi connectivity index (χ1v) is 11.1. The molecule has 12 heteroatoms. The van der Waals surface area contributed by atoms with Crippen LogP contribution in [0.3, 0.4) is 0 Å². The molecule has 1 atom stereocenters. The van der Waals surface area contributed by atoms with E-state index < -0.39 is 46.8 Å². The number of aromatic nitrogens is 3. The van der Waals surface area contributed by atoms with Crippen LogP contribution < -0.4 is 5.32 Å². The Morgan fingerprint density at radius 3 is 2.46 bits per heavy atom. The molecule has 1 amide bonds. The molecule has 4 rings (SSSR count). The zero-order valence-corrected chi connectivity index (χ0v) is 18.8. The van der Waals surface area contributed by atoms with Gasteiger partial charge in [-0.05, 0) is 55.5 Å². The SMILES string of the molecule is O=C(NC(c1cccc(F)c1Cl)[C@]1(O)CC[C@@H](F)CC1)c1cc(C(F)(F)F)ccc1-n1nccn1. The highest BCUT2D eigenvalue weighted by molar-refractivity contribution is 6.31. The first kappa shape index (κ1) is 25.1. The van der Waals surface area contributed by atoms with Crippen LogP contribution in [0.5, 0.6) is 0 Å². The Hall–Kier alpha value is -3.05. The van der Waals surface area contributed by atoms with Gasteiger partial charge in [-0.25, -0.2) is 8.78 Å². The lowest BCUT2D eigenvalue weighted by Crippen LogP contribution is -2.49. The molecule has 1 fully saturated rings. The van der Waals surface area contributed by atoms with Gasteiger partial charge in [0.2, 0.25) is 0 Å². The molecule has 6 nitrogen and oxygen atoms in total. The summed E-state index contributed by atoms with van der Waals surface area (Å²) in [5.74, 6) is -1.82. The molecule has 1 aromatic heterocycles. The molecule has 1 aliphatic rings. The number of hydrogen-bond acceptors (Lipinski definition) is 4. The molecule has 1 aliphatic carbocycles. The van der Waals surface area contributed by atoms with Crippen molar-refractivity contribution in [2.75, 3.05) is 0 Å². The van der Waals surface area contributed by atoms with E-state index in [0.29, 0.717) is 6.07 Å². The molecule has 0 saturated heterocycles. The van der Waals surface area contributed by atoms with E-state index in [4.69, 9.17) is 11.6 Å². The summed E-state index contributed by atoms with van der Waals surface area (Å²) >= 11 is 6.14. The van der Waals surface area contributed by atoms with E-state index >= 15 is 0 Å². The third kappa shape index (κ3) is 5.15. The maximum absolute atomic E-state index is 14.3. The monoisotopic (exact) mass is 514 g/mol. The van der Waals surface area contributed by atoms with Crippen LogP contribution in [0.2, 0.25) is 5.02 Å².